The molecular weight excluding hydrogens is 256 g/mol. The van der Waals surface area contributed by atoms with E-state index in [1.807, 2.05) is 42.3 Å². The Morgan fingerprint density at radius 1 is 1.37 bits per heavy atom. The van der Waals surface area contributed by atoms with Gasteiger partial charge in [0.15, 0.2) is 11.4 Å². The summed E-state index contributed by atoms with van der Waals surface area (Å²) < 4.78 is 0. The minimum atomic E-state index is 0.314. The van der Waals surface area contributed by atoms with Crippen molar-refractivity contribution < 1.29 is 4.79 Å². The summed E-state index contributed by atoms with van der Waals surface area (Å²) in [5.41, 5.74) is 1.99. The van der Waals surface area contributed by atoms with Gasteiger partial charge in [-0.05, 0) is 24.5 Å². The largest absolute Gasteiger partial charge is 0.321 e. The average Bonchev–Trinajstić information content (AvgIpc) is 2.90. The highest BCUT2D eigenvalue weighted by atomic mass is 32.1. The maximum absolute atomic E-state index is 11.2. The van der Waals surface area contributed by atoms with Crippen LogP contribution in [-0.2, 0) is 0 Å². The maximum atomic E-state index is 11.2. The quantitative estimate of drug-likeness (QED) is 0.765. The van der Waals surface area contributed by atoms with Crippen molar-refractivity contribution in [2.75, 3.05) is 11.9 Å². The van der Waals surface area contributed by atoms with Crippen LogP contribution in [0.4, 0.5) is 10.8 Å². The summed E-state index contributed by atoms with van der Waals surface area (Å²) in [6, 6.07) is 10.0. The molecule has 4 heteroatoms. The molecule has 0 fully saturated rings. The van der Waals surface area contributed by atoms with Gasteiger partial charge in [-0.1, -0.05) is 43.4 Å². The smallest absolute Gasteiger partial charge is 0.190 e. The zero-order valence-corrected chi connectivity index (χ0v) is 12.3. The summed E-state index contributed by atoms with van der Waals surface area (Å²) in [6.07, 6.45) is 1.90. The summed E-state index contributed by atoms with van der Waals surface area (Å²) in [7, 11) is 1.98. The maximum Gasteiger partial charge on any atom is 0.190 e. The SMILES string of the molecule is CCC(C)c1nc(N(C)c2ccccc2)sc1C=O. The second-order valence-electron chi connectivity index (χ2n) is 4.57. The number of rotatable bonds is 5. The molecule has 0 aliphatic heterocycles. The highest BCUT2D eigenvalue weighted by Crippen LogP contribution is 2.33. The minimum absolute atomic E-state index is 0.314. The molecule has 1 aromatic carbocycles. The van der Waals surface area contributed by atoms with E-state index in [4.69, 9.17) is 0 Å². The molecule has 0 aliphatic carbocycles. The van der Waals surface area contributed by atoms with Gasteiger partial charge in [-0.2, -0.15) is 0 Å². The van der Waals surface area contributed by atoms with Crippen molar-refractivity contribution in [1.29, 1.82) is 0 Å². The third-order valence-electron chi connectivity index (χ3n) is 3.29. The molecule has 0 saturated heterocycles. The number of hydrogen-bond donors (Lipinski definition) is 0. The molecule has 0 spiro atoms. The number of hydrogen-bond acceptors (Lipinski definition) is 4. The van der Waals surface area contributed by atoms with Crippen LogP contribution >= 0.6 is 11.3 Å². The van der Waals surface area contributed by atoms with Gasteiger partial charge >= 0.3 is 0 Å². The Hall–Kier alpha value is -1.68. The van der Waals surface area contributed by atoms with Gasteiger partial charge in [0.25, 0.3) is 0 Å². The van der Waals surface area contributed by atoms with Gasteiger partial charge in [0.05, 0.1) is 10.6 Å². The first-order valence-electron chi connectivity index (χ1n) is 6.42. The van der Waals surface area contributed by atoms with Crippen LogP contribution in [0.5, 0.6) is 0 Å². The molecule has 1 heterocycles. The second kappa shape index (κ2) is 5.97. The number of nitrogens with zero attached hydrogens (tertiary/aromatic N) is 2. The second-order valence-corrected chi connectivity index (χ2v) is 5.58. The van der Waals surface area contributed by atoms with Gasteiger partial charge in [0, 0.05) is 12.7 Å². The van der Waals surface area contributed by atoms with Crippen molar-refractivity contribution in [1.82, 2.24) is 4.98 Å². The van der Waals surface area contributed by atoms with Crippen molar-refractivity contribution in [3.05, 3.63) is 40.9 Å². The number of para-hydroxylation sites is 1. The van der Waals surface area contributed by atoms with Gasteiger partial charge < -0.3 is 4.90 Å². The van der Waals surface area contributed by atoms with Gasteiger partial charge in [0.1, 0.15) is 0 Å². The number of benzene rings is 1. The predicted molar refractivity (Wildman–Crippen MR) is 80.7 cm³/mol. The van der Waals surface area contributed by atoms with Crippen LogP contribution in [0, 0.1) is 0 Å². The molecule has 100 valence electrons. The molecule has 2 aromatic rings. The highest BCUT2D eigenvalue weighted by molar-refractivity contribution is 7.17. The van der Waals surface area contributed by atoms with Gasteiger partial charge in [0.2, 0.25) is 0 Å². The van der Waals surface area contributed by atoms with E-state index in [0.29, 0.717) is 5.92 Å². The summed E-state index contributed by atoms with van der Waals surface area (Å²) in [5, 5.41) is 0.864. The summed E-state index contributed by atoms with van der Waals surface area (Å²) in [6.45, 7) is 4.22. The molecule has 1 atom stereocenters. The summed E-state index contributed by atoms with van der Waals surface area (Å²) >= 11 is 1.45. The van der Waals surface area contributed by atoms with Crippen LogP contribution in [0.1, 0.15) is 41.6 Å². The van der Waals surface area contributed by atoms with Crippen molar-refractivity contribution in [3.8, 4) is 0 Å². The third-order valence-corrected chi connectivity index (χ3v) is 4.36. The Balaban J connectivity index is 2.36. The van der Waals surface area contributed by atoms with E-state index in [0.717, 1.165) is 34.1 Å². The summed E-state index contributed by atoms with van der Waals surface area (Å²) in [5.74, 6) is 0.314. The number of aldehydes is 1. The molecular formula is C15H18N2OS. The first-order valence-corrected chi connectivity index (χ1v) is 7.23. The lowest BCUT2D eigenvalue weighted by molar-refractivity contribution is 0.112. The fourth-order valence-electron chi connectivity index (χ4n) is 1.87. The number of thiazole rings is 1. The molecule has 1 aromatic heterocycles. The van der Waals surface area contributed by atoms with Crippen molar-refractivity contribution in [2.24, 2.45) is 0 Å². The van der Waals surface area contributed by atoms with Crippen LogP contribution < -0.4 is 4.90 Å². The minimum Gasteiger partial charge on any atom is -0.321 e. The normalized spacial score (nSPS) is 12.2. The zero-order chi connectivity index (χ0) is 13.8. The fraction of sp³-hybridized carbons (Fsp3) is 0.333. The number of carbonyl (C=O) groups excluding carboxylic acids is 1. The molecule has 19 heavy (non-hydrogen) atoms. The molecule has 3 nitrogen and oxygen atoms in total. The standard InChI is InChI=1S/C15H18N2OS/c1-4-11(2)14-13(10-18)19-15(16-14)17(3)12-8-6-5-7-9-12/h5-11H,4H2,1-3H3. The van der Waals surface area contributed by atoms with E-state index < -0.39 is 0 Å². The Morgan fingerprint density at radius 2 is 2.05 bits per heavy atom. The lowest BCUT2D eigenvalue weighted by atomic mass is 10.0. The molecule has 1 unspecified atom stereocenters. The van der Waals surface area contributed by atoms with Gasteiger partial charge in [-0.3, -0.25) is 4.79 Å². The van der Waals surface area contributed by atoms with Crippen molar-refractivity contribution in [2.45, 2.75) is 26.2 Å². The first kappa shape index (κ1) is 13.7. The molecule has 0 saturated carbocycles. The van der Waals surface area contributed by atoms with E-state index in [9.17, 15) is 4.79 Å². The van der Waals surface area contributed by atoms with Crippen molar-refractivity contribution >= 4 is 28.4 Å². The number of anilines is 2. The van der Waals surface area contributed by atoms with Gasteiger partial charge in [-0.15, -0.1) is 0 Å². The van der Waals surface area contributed by atoms with E-state index in [2.05, 4.69) is 18.8 Å². The summed E-state index contributed by atoms with van der Waals surface area (Å²) in [4.78, 5) is 18.6. The molecule has 2 rings (SSSR count). The number of carbonyl (C=O) groups is 1. The molecule has 0 aliphatic rings. The molecule has 0 amide bonds. The monoisotopic (exact) mass is 274 g/mol. The lowest BCUT2D eigenvalue weighted by Crippen LogP contribution is -2.09. The average molecular weight is 274 g/mol. The highest BCUT2D eigenvalue weighted by Gasteiger charge is 2.18. The fourth-order valence-corrected chi connectivity index (χ4v) is 2.85. The van der Waals surface area contributed by atoms with Gasteiger partial charge in [-0.25, -0.2) is 4.98 Å². The Bertz CT molecular complexity index is 551. The molecule has 0 bridgehead atoms. The van der Waals surface area contributed by atoms with E-state index in [1.165, 1.54) is 11.3 Å². The predicted octanol–water partition coefficient (Wildman–Crippen LogP) is 4.24. The number of aromatic nitrogens is 1. The van der Waals surface area contributed by atoms with Crippen molar-refractivity contribution in [3.63, 3.8) is 0 Å². The molecule has 0 radical (unpaired) electrons. The van der Waals surface area contributed by atoms with Crippen LogP contribution in [0.15, 0.2) is 30.3 Å². The Kier molecular flexibility index (Phi) is 4.32. The van der Waals surface area contributed by atoms with E-state index >= 15 is 0 Å². The Morgan fingerprint density at radius 3 is 2.63 bits per heavy atom. The Labute approximate surface area is 117 Å². The van der Waals surface area contributed by atoms with Crippen LogP contribution in [0.25, 0.3) is 0 Å². The molecule has 0 N–H and O–H groups in total. The first-order chi connectivity index (χ1) is 9.17. The van der Waals surface area contributed by atoms with Crippen LogP contribution in [0.3, 0.4) is 0 Å². The van der Waals surface area contributed by atoms with E-state index in [1.54, 1.807) is 0 Å². The van der Waals surface area contributed by atoms with E-state index in [-0.39, 0.29) is 0 Å². The van der Waals surface area contributed by atoms with Crippen LogP contribution in [-0.4, -0.2) is 18.3 Å². The van der Waals surface area contributed by atoms with Crippen LogP contribution in [0.2, 0.25) is 0 Å². The topological polar surface area (TPSA) is 33.2 Å². The zero-order valence-electron chi connectivity index (χ0n) is 11.5. The third kappa shape index (κ3) is 2.84. The lowest BCUT2D eigenvalue weighted by Gasteiger charge is -2.15.